The molecule has 0 atom stereocenters. The number of piperidine rings is 1. The van der Waals surface area contributed by atoms with Crippen LogP contribution in [0.25, 0.3) is 0 Å². The summed E-state index contributed by atoms with van der Waals surface area (Å²) in [7, 11) is -3.52. The van der Waals surface area contributed by atoms with Gasteiger partial charge < -0.3 is 14.6 Å². The molecule has 0 aliphatic carbocycles. The molecule has 9 heteroatoms. The van der Waals surface area contributed by atoms with Gasteiger partial charge >= 0.3 is 0 Å². The molecule has 1 fully saturated rings. The van der Waals surface area contributed by atoms with Crippen molar-refractivity contribution in [3.8, 4) is 5.75 Å². The van der Waals surface area contributed by atoms with Crippen LogP contribution in [0.2, 0.25) is 0 Å². The van der Waals surface area contributed by atoms with Crippen LogP contribution < -0.4 is 10.1 Å². The SMILES string of the molecule is Cc1ccc(S(=O)(=O)N2CCC(NC(=O)c3ccc(OCc4c(C)noc4C)cc3)CC2)cc1. The highest BCUT2D eigenvalue weighted by atomic mass is 32.2. The van der Waals surface area contributed by atoms with Crippen molar-refractivity contribution in [1.29, 1.82) is 0 Å². The molecule has 1 amide bonds. The monoisotopic (exact) mass is 483 g/mol. The van der Waals surface area contributed by atoms with Crippen LogP contribution in [0.4, 0.5) is 0 Å². The van der Waals surface area contributed by atoms with Crippen molar-refractivity contribution >= 4 is 15.9 Å². The van der Waals surface area contributed by atoms with Crippen LogP contribution in [0.5, 0.6) is 5.75 Å². The van der Waals surface area contributed by atoms with E-state index >= 15 is 0 Å². The van der Waals surface area contributed by atoms with Crippen LogP contribution in [-0.4, -0.2) is 42.9 Å². The predicted molar refractivity (Wildman–Crippen MR) is 127 cm³/mol. The van der Waals surface area contributed by atoms with Gasteiger partial charge in [0.05, 0.1) is 16.2 Å². The number of aryl methyl sites for hydroxylation is 3. The largest absolute Gasteiger partial charge is 0.489 e. The fourth-order valence-electron chi connectivity index (χ4n) is 3.93. The second kappa shape index (κ2) is 9.99. The fraction of sp³-hybridized carbons (Fsp3) is 0.360. The van der Waals surface area contributed by atoms with E-state index in [-0.39, 0.29) is 11.9 Å². The Bertz CT molecular complexity index is 1220. The molecule has 1 N–H and O–H groups in total. The lowest BCUT2D eigenvalue weighted by Gasteiger charge is -2.31. The Hall–Kier alpha value is -3.17. The maximum absolute atomic E-state index is 12.9. The van der Waals surface area contributed by atoms with Gasteiger partial charge in [-0.15, -0.1) is 0 Å². The topological polar surface area (TPSA) is 102 Å². The molecule has 2 heterocycles. The van der Waals surface area contributed by atoms with E-state index in [1.165, 1.54) is 4.31 Å². The number of amides is 1. The van der Waals surface area contributed by atoms with Crippen molar-refractivity contribution in [1.82, 2.24) is 14.8 Å². The first-order valence-corrected chi connectivity index (χ1v) is 12.7. The highest BCUT2D eigenvalue weighted by molar-refractivity contribution is 7.89. The van der Waals surface area contributed by atoms with E-state index in [1.54, 1.807) is 48.5 Å². The Labute approximate surface area is 200 Å². The van der Waals surface area contributed by atoms with Crippen molar-refractivity contribution in [2.24, 2.45) is 0 Å². The first kappa shape index (κ1) is 24.0. The van der Waals surface area contributed by atoms with E-state index in [4.69, 9.17) is 9.26 Å². The summed E-state index contributed by atoms with van der Waals surface area (Å²) in [6.07, 6.45) is 1.13. The maximum atomic E-state index is 12.9. The molecular formula is C25H29N3O5S. The standard InChI is InChI=1S/C25H29N3O5S/c1-17-4-10-23(11-5-17)34(30,31)28-14-12-21(13-15-28)26-25(29)20-6-8-22(9-7-20)32-16-24-18(2)27-33-19(24)3/h4-11,21H,12-16H2,1-3H3,(H,26,29). The third-order valence-electron chi connectivity index (χ3n) is 6.13. The van der Waals surface area contributed by atoms with Crippen molar-refractivity contribution in [3.63, 3.8) is 0 Å². The Morgan fingerprint density at radius 3 is 2.29 bits per heavy atom. The highest BCUT2D eigenvalue weighted by Gasteiger charge is 2.30. The summed E-state index contributed by atoms with van der Waals surface area (Å²) in [5.41, 5.74) is 3.25. The van der Waals surface area contributed by atoms with Crippen LogP contribution in [0, 0.1) is 20.8 Å². The van der Waals surface area contributed by atoms with Crippen molar-refractivity contribution < 1.29 is 22.5 Å². The smallest absolute Gasteiger partial charge is 0.251 e. The number of aromatic nitrogens is 1. The van der Waals surface area contributed by atoms with Gasteiger partial charge in [0, 0.05) is 24.7 Å². The summed E-state index contributed by atoms with van der Waals surface area (Å²) in [5.74, 6) is 1.19. The Kier molecular flexibility index (Phi) is 7.04. The number of carbonyl (C=O) groups excluding carboxylic acids is 1. The zero-order valence-corrected chi connectivity index (χ0v) is 20.4. The van der Waals surface area contributed by atoms with Crippen LogP contribution >= 0.6 is 0 Å². The van der Waals surface area contributed by atoms with E-state index in [2.05, 4.69) is 10.5 Å². The number of ether oxygens (including phenoxy) is 1. The van der Waals surface area contributed by atoms with E-state index in [9.17, 15) is 13.2 Å². The molecule has 180 valence electrons. The summed E-state index contributed by atoms with van der Waals surface area (Å²) < 4.78 is 38.1. The van der Waals surface area contributed by atoms with Gasteiger partial charge in [0.1, 0.15) is 18.1 Å². The van der Waals surface area contributed by atoms with Gasteiger partial charge in [-0.05, 0) is 70.0 Å². The van der Waals surface area contributed by atoms with Gasteiger partial charge in [0.25, 0.3) is 5.91 Å². The van der Waals surface area contributed by atoms with Gasteiger partial charge in [-0.2, -0.15) is 4.31 Å². The Balaban J connectivity index is 1.28. The van der Waals surface area contributed by atoms with Crippen molar-refractivity contribution in [2.75, 3.05) is 13.1 Å². The molecular weight excluding hydrogens is 454 g/mol. The third-order valence-corrected chi connectivity index (χ3v) is 8.04. The van der Waals surface area contributed by atoms with Gasteiger partial charge in [-0.3, -0.25) is 4.79 Å². The molecule has 0 bridgehead atoms. The summed E-state index contributed by atoms with van der Waals surface area (Å²) >= 11 is 0. The van der Waals surface area contributed by atoms with Crippen LogP contribution in [0.15, 0.2) is 57.9 Å². The number of hydrogen-bond acceptors (Lipinski definition) is 6. The van der Waals surface area contributed by atoms with Crippen LogP contribution in [-0.2, 0) is 16.6 Å². The molecule has 0 radical (unpaired) electrons. The molecule has 8 nitrogen and oxygen atoms in total. The first-order valence-electron chi connectivity index (χ1n) is 11.3. The molecule has 0 spiro atoms. The maximum Gasteiger partial charge on any atom is 0.251 e. The molecule has 1 saturated heterocycles. The van der Waals surface area contributed by atoms with E-state index in [0.717, 1.165) is 22.6 Å². The number of rotatable bonds is 7. The molecule has 0 saturated carbocycles. The molecule has 3 aromatic rings. The minimum Gasteiger partial charge on any atom is -0.489 e. The quantitative estimate of drug-likeness (QED) is 0.549. The fourth-order valence-corrected chi connectivity index (χ4v) is 5.40. The van der Waals surface area contributed by atoms with E-state index in [1.807, 2.05) is 20.8 Å². The van der Waals surface area contributed by atoms with Gasteiger partial charge in [0.15, 0.2) is 0 Å². The third kappa shape index (κ3) is 5.31. The zero-order chi connectivity index (χ0) is 24.3. The second-order valence-corrected chi connectivity index (χ2v) is 10.5. The van der Waals surface area contributed by atoms with Crippen molar-refractivity contribution in [2.45, 2.75) is 51.2 Å². The molecule has 2 aromatic carbocycles. The minimum atomic E-state index is -3.52. The molecule has 0 unspecified atom stereocenters. The molecule has 1 aliphatic heterocycles. The van der Waals surface area contributed by atoms with Gasteiger partial charge in [-0.25, -0.2) is 8.42 Å². The number of benzene rings is 2. The van der Waals surface area contributed by atoms with E-state index in [0.29, 0.717) is 48.7 Å². The summed E-state index contributed by atoms with van der Waals surface area (Å²) in [6.45, 7) is 6.72. The molecule has 1 aromatic heterocycles. The lowest BCUT2D eigenvalue weighted by Crippen LogP contribution is -2.46. The number of nitrogens with one attached hydrogen (secondary N) is 1. The lowest BCUT2D eigenvalue weighted by atomic mass is 10.1. The molecule has 1 aliphatic rings. The molecule has 4 rings (SSSR count). The molecule has 34 heavy (non-hydrogen) atoms. The average molecular weight is 484 g/mol. The highest BCUT2D eigenvalue weighted by Crippen LogP contribution is 2.22. The van der Waals surface area contributed by atoms with Crippen LogP contribution in [0.3, 0.4) is 0 Å². The normalized spacial score (nSPS) is 15.3. The summed E-state index contributed by atoms with van der Waals surface area (Å²) in [5, 5.41) is 6.93. The summed E-state index contributed by atoms with van der Waals surface area (Å²) in [4.78, 5) is 13.0. The Morgan fingerprint density at radius 1 is 1.06 bits per heavy atom. The van der Waals surface area contributed by atoms with Crippen LogP contribution in [0.1, 0.15) is 45.8 Å². The lowest BCUT2D eigenvalue weighted by molar-refractivity contribution is 0.0924. The minimum absolute atomic E-state index is 0.0764. The average Bonchev–Trinajstić information content (AvgIpc) is 3.15. The number of sulfonamides is 1. The first-order chi connectivity index (χ1) is 16.2. The second-order valence-electron chi connectivity index (χ2n) is 8.58. The zero-order valence-electron chi connectivity index (χ0n) is 19.6. The number of nitrogens with zero attached hydrogens (tertiary/aromatic N) is 2. The Morgan fingerprint density at radius 2 is 1.71 bits per heavy atom. The van der Waals surface area contributed by atoms with E-state index < -0.39 is 10.0 Å². The predicted octanol–water partition coefficient (Wildman–Crippen LogP) is 3.76. The van der Waals surface area contributed by atoms with Crippen molar-refractivity contribution in [3.05, 3.63) is 76.7 Å². The number of carbonyl (C=O) groups is 1. The van der Waals surface area contributed by atoms with Gasteiger partial charge in [-0.1, -0.05) is 22.9 Å². The van der Waals surface area contributed by atoms with Gasteiger partial charge in [0.2, 0.25) is 10.0 Å². The number of hydrogen-bond donors (Lipinski definition) is 1. The summed E-state index contributed by atoms with van der Waals surface area (Å²) in [6, 6.07) is 13.7.